The van der Waals surface area contributed by atoms with Gasteiger partial charge in [-0.3, -0.25) is 9.69 Å². The van der Waals surface area contributed by atoms with Crippen molar-refractivity contribution in [1.82, 2.24) is 25.0 Å². The molecular formula is C23H26ClN5O2. The Morgan fingerprint density at radius 1 is 1.10 bits per heavy atom. The Morgan fingerprint density at radius 2 is 1.87 bits per heavy atom. The molecule has 31 heavy (non-hydrogen) atoms. The van der Waals surface area contributed by atoms with Gasteiger partial charge in [0.15, 0.2) is 12.4 Å². The van der Waals surface area contributed by atoms with Crippen LogP contribution >= 0.6 is 11.6 Å². The van der Waals surface area contributed by atoms with E-state index in [1.54, 1.807) is 0 Å². The van der Waals surface area contributed by atoms with Crippen LogP contribution in [0.3, 0.4) is 0 Å². The number of nitrogens with one attached hydrogen (secondary N) is 1. The predicted octanol–water partition coefficient (Wildman–Crippen LogP) is 3.25. The molecule has 1 atom stereocenters. The highest BCUT2D eigenvalue weighted by Gasteiger charge is 2.23. The van der Waals surface area contributed by atoms with Gasteiger partial charge in [0.2, 0.25) is 0 Å². The van der Waals surface area contributed by atoms with Crippen molar-refractivity contribution < 1.29 is 9.53 Å². The molecule has 0 aliphatic carbocycles. The smallest absolute Gasteiger partial charge is 0.258 e. The zero-order valence-corrected chi connectivity index (χ0v) is 18.3. The molecule has 0 radical (unpaired) electrons. The van der Waals surface area contributed by atoms with E-state index >= 15 is 0 Å². The van der Waals surface area contributed by atoms with Crippen molar-refractivity contribution >= 4 is 17.5 Å². The number of carbonyl (C=O) groups excluding carboxylic acids is 1. The average molecular weight is 440 g/mol. The molecule has 0 spiro atoms. The Bertz CT molecular complexity index is 1010. The number of hydrogen-bond acceptors (Lipinski definition) is 5. The highest BCUT2D eigenvalue weighted by Crippen LogP contribution is 2.18. The number of amides is 1. The first-order valence-corrected chi connectivity index (χ1v) is 10.8. The van der Waals surface area contributed by atoms with Crippen LogP contribution < -0.4 is 10.1 Å². The third-order valence-corrected chi connectivity index (χ3v) is 5.60. The molecule has 162 valence electrons. The maximum Gasteiger partial charge on any atom is 0.258 e. The molecule has 7 nitrogen and oxygen atoms in total. The topological polar surface area (TPSA) is 72.3 Å². The molecule has 0 saturated heterocycles. The van der Waals surface area contributed by atoms with Crippen molar-refractivity contribution in [1.29, 1.82) is 0 Å². The molecule has 0 unspecified atom stereocenters. The number of nitrogens with zero attached hydrogens (tertiary/aromatic N) is 4. The summed E-state index contributed by atoms with van der Waals surface area (Å²) in [6.45, 7) is 5.34. The first-order chi connectivity index (χ1) is 15.1. The van der Waals surface area contributed by atoms with E-state index in [0.29, 0.717) is 5.75 Å². The zero-order chi connectivity index (χ0) is 21.6. The van der Waals surface area contributed by atoms with E-state index < -0.39 is 0 Å². The van der Waals surface area contributed by atoms with Crippen molar-refractivity contribution in [2.45, 2.75) is 32.5 Å². The van der Waals surface area contributed by atoms with Gasteiger partial charge < -0.3 is 14.6 Å². The number of aromatic nitrogens is 3. The molecule has 2 heterocycles. The molecule has 2 aromatic carbocycles. The van der Waals surface area contributed by atoms with Crippen molar-refractivity contribution in [3.63, 3.8) is 0 Å². The first-order valence-electron chi connectivity index (χ1n) is 10.4. The number of hydrogen-bond donors (Lipinski definition) is 1. The van der Waals surface area contributed by atoms with Gasteiger partial charge in [0, 0.05) is 37.6 Å². The van der Waals surface area contributed by atoms with Crippen LogP contribution in [0.15, 0.2) is 54.6 Å². The van der Waals surface area contributed by atoms with Gasteiger partial charge in [-0.05, 0) is 36.8 Å². The molecule has 8 heteroatoms. The normalized spacial score (nSPS) is 15.0. The van der Waals surface area contributed by atoms with Crippen LogP contribution in [0, 0.1) is 0 Å². The lowest BCUT2D eigenvalue weighted by Gasteiger charge is -2.20. The number of ether oxygens (including phenoxy) is 1. The number of benzene rings is 2. The highest BCUT2D eigenvalue weighted by molar-refractivity contribution is 6.30. The molecule has 0 bridgehead atoms. The van der Waals surface area contributed by atoms with Crippen LogP contribution in [0.25, 0.3) is 0 Å². The van der Waals surface area contributed by atoms with Gasteiger partial charge in [-0.2, -0.15) is 0 Å². The predicted molar refractivity (Wildman–Crippen MR) is 119 cm³/mol. The molecular weight excluding hydrogens is 414 g/mol. The minimum atomic E-state index is -0.254. The Balaban J connectivity index is 1.33. The molecule has 4 rings (SSSR count). The maximum atomic E-state index is 12.3. The van der Waals surface area contributed by atoms with Gasteiger partial charge >= 0.3 is 0 Å². The van der Waals surface area contributed by atoms with E-state index in [4.69, 9.17) is 16.3 Å². The summed E-state index contributed by atoms with van der Waals surface area (Å²) in [7, 11) is 0. The zero-order valence-electron chi connectivity index (χ0n) is 17.5. The summed E-state index contributed by atoms with van der Waals surface area (Å²) >= 11 is 5.99. The van der Waals surface area contributed by atoms with Gasteiger partial charge in [0.05, 0.1) is 6.04 Å². The number of fused-ring (bicyclic) bond motifs is 1. The Hall–Kier alpha value is -2.90. The number of carbonyl (C=O) groups is 1. The van der Waals surface area contributed by atoms with E-state index in [-0.39, 0.29) is 18.6 Å². The van der Waals surface area contributed by atoms with Gasteiger partial charge in [-0.1, -0.05) is 41.9 Å². The van der Waals surface area contributed by atoms with Crippen LogP contribution in [0.4, 0.5) is 0 Å². The fourth-order valence-electron chi connectivity index (χ4n) is 3.73. The largest absolute Gasteiger partial charge is 0.484 e. The van der Waals surface area contributed by atoms with Crippen molar-refractivity contribution in [3.8, 4) is 5.75 Å². The van der Waals surface area contributed by atoms with Crippen molar-refractivity contribution in [2.24, 2.45) is 0 Å². The molecule has 0 fully saturated rings. The Morgan fingerprint density at radius 3 is 2.65 bits per heavy atom. The van der Waals surface area contributed by atoms with Crippen LogP contribution in [-0.4, -0.2) is 45.3 Å². The summed E-state index contributed by atoms with van der Waals surface area (Å²) in [5.74, 6) is 2.21. The summed E-state index contributed by atoms with van der Waals surface area (Å²) in [5, 5.41) is 12.4. The van der Waals surface area contributed by atoms with Crippen molar-refractivity contribution in [2.75, 3.05) is 19.7 Å². The number of halogens is 1. The van der Waals surface area contributed by atoms with E-state index in [1.807, 2.05) is 49.4 Å². The van der Waals surface area contributed by atoms with Crippen LogP contribution in [0.5, 0.6) is 5.75 Å². The second-order valence-electron chi connectivity index (χ2n) is 7.67. The molecule has 1 aliphatic rings. The van der Waals surface area contributed by atoms with Crippen LogP contribution in [0.2, 0.25) is 5.02 Å². The van der Waals surface area contributed by atoms with Crippen LogP contribution in [-0.2, 0) is 24.3 Å². The Labute approximate surface area is 187 Å². The lowest BCUT2D eigenvalue weighted by Crippen LogP contribution is -2.33. The average Bonchev–Trinajstić information content (AvgIpc) is 3.09. The second-order valence-corrected chi connectivity index (χ2v) is 8.11. The quantitative estimate of drug-likeness (QED) is 0.611. The summed E-state index contributed by atoms with van der Waals surface area (Å²) in [6.07, 6.45) is 0.818. The lowest BCUT2D eigenvalue weighted by atomic mass is 10.2. The van der Waals surface area contributed by atoms with Gasteiger partial charge in [-0.25, -0.2) is 0 Å². The second kappa shape index (κ2) is 9.94. The third kappa shape index (κ3) is 5.62. The van der Waals surface area contributed by atoms with Crippen LogP contribution in [0.1, 0.15) is 30.2 Å². The fraction of sp³-hybridized carbons (Fsp3) is 0.348. The van der Waals surface area contributed by atoms with Crippen molar-refractivity contribution in [3.05, 3.63) is 76.8 Å². The number of rotatable bonds is 7. The first kappa shape index (κ1) is 21.3. The number of para-hydroxylation sites is 1. The fourth-order valence-corrected chi connectivity index (χ4v) is 3.85. The van der Waals surface area contributed by atoms with E-state index in [2.05, 4.69) is 37.1 Å². The van der Waals surface area contributed by atoms with E-state index in [1.165, 1.54) is 5.56 Å². The van der Waals surface area contributed by atoms with E-state index in [9.17, 15) is 4.79 Å². The Kier molecular flexibility index (Phi) is 6.84. The van der Waals surface area contributed by atoms with E-state index in [0.717, 1.165) is 49.3 Å². The lowest BCUT2D eigenvalue weighted by molar-refractivity contribution is -0.123. The summed E-state index contributed by atoms with van der Waals surface area (Å²) in [5.41, 5.74) is 1.24. The molecule has 1 amide bonds. The molecule has 1 N–H and O–H groups in total. The summed E-state index contributed by atoms with van der Waals surface area (Å²) < 4.78 is 7.66. The van der Waals surface area contributed by atoms with Gasteiger partial charge in [0.1, 0.15) is 11.6 Å². The molecule has 1 aromatic heterocycles. The minimum Gasteiger partial charge on any atom is -0.484 e. The monoisotopic (exact) mass is 439 g/mol. The standard InChI is InChI=1S/C23H26ClN5O2/c1-17(25-22(30)16-31-20-5-3-2-4-6-20)23-27-26-21-11-12-28(13-14-29(21)23)15-18-7-9-19(24)10-8-18/h2-10,17H,11-16H2,1H3,(H,25,30)/t17-/m1/s1. The van der Waals surface area contributed by atoms with Gasteiger partial charge in [-0.15, -0.1) is 10.2 Å². The minimum absolute atomic E-state index is 0.0375. The SMILES string of the molecule is C[C@@H](NC(=O)COc1ccccc1)c1nnc2n1CCN(Cc1ccc(Cl)cc1)CC2. The molecule has 3 aromatic rings. The maximum absolute atomic E-state index is 12.3. The molecule has 0 saturated carbocycles. The summed E-state index contributed by atoms with van der Waals surface area (Å²) in [6, 6.07) is 17.0. The summed E-state index contributed by atoms with van der Waals surface area (Å²) in [4.78, 5) is 14.7. The highest BCUT2D eigenvalue weighted by atomic mass is 35.5. The van der Waals surface area contributed by atoms with Gasteiger partial charge in [0.25, 0.3) is 5.91 Å². The third-order valence-electron chi connectivity index (χ3n) is 5.34. The molecule has 1 aliphatic heterocycles.